The molecule has 1 atom stereocenters. The molecular formula is C17H18BrF2N. The standard InChI is InChI=1S/C17H18BrF2N/c1-3-21-15(10-12-6-4-5-11(2)9-12)13-7-8-14(19)17(20)16(13)18/h4-9,15,21H,3,10H2,1-2H3. The lowest BCUT2D eigenvalue weighted by Gasteiger charge is -2.20. The van der Waals surface area contributed by atoms with Crippen LogP contribution in [0.3, 0.4) is 0 Å². The van der Waals surface area contributed by atoms with Crippen LogP contribution in [0.1, 0.15) is 29.7 Å². The SMILES string of the molecule is CCNC(Cc1cccc(C)c1)c1ccc(F)c(F)c1Br. The van der Waals surface area contributed by atoms with Crippen molar-refractivity contribution in [2.75, 3.05) is 6.54 Å². The van der Waals surface area contributed by atoms with Crippen LogP contribution < -0.4 is 5.32 Å². The summed E-state index contributed by atoms with van der Waals surface area (Å²) in [5, 5.41) is 3.34. The van der Waals surface area contributed by atoms with E-state index in [2.05, 4.69) is 27.3 Å². The molecule has 0 radical (unpaired) electrons. The molecule has 0 spiro atoms. The van der Waals surface area contributed by atoms with Crippen molar-refractivity contribution >= 4 is 15.9 Å². The van der Waals surface area contributed by atoms with Crippen LogP contribution in [0.25, 0.3) is 0 Å². The fourth-order valence-electron chi connectivity index (χ4n) is 2.42. The summed E-state index contributed by atoms with van der Waals surface area (Å²) in [5.41, 5.74) is 3.09. The van der Waals surface area contributed by atoms with Crippen LogP contribution in [0.5, 0.6) is 0 Å². The summed E-state index contributed by atoms with van der Waals surface area (Å²) in [6.07, 6.45) is 0.721. The molecule has 0 saturated carbocycles. The highest BCUT2D eigenvalue weighted by Gasteiger charge is 2.19. The van der Waals surface area contributed by atoms with E-state index in [1.54, 1.807) is 6.07 Å². The number of hydrogen-bond acceptors (Lipinski definition) is 1. The van der Waals surface area contributed by atoms with Gasteiger partial charge in [0.2, 0.25) is 0 Å². The van der Waals surface area contributed by atoms with E-state index in [-0.39, 0.29) is 10.5 Å². The molecule has 0 fully saturated rings. The van der Waals surface area contributed by atoms with Crippen molar-refractivity contribution in [1.29, 1.82) is 0 Å². The molecule has 2 rings (SSSR count). The van der Waals surface area contributed by atoms with E-state index < -0.39 is 11.6 Å². The van der Waals surface area contributed by atoms with E-state index in [1.807, 2.05) is 32.0 Å². The van der Waals surface area contributed by atoms with Gasteiger partial charge in [-0.1, -0.05) is 42.8 Å². The summed E-state index contributed by atoms with van der Waals surface area (Å²) in [6.45, 7) is 4.79. The summed E-state index contributed by atoms with van der Waals surface area (Å²) in [7, 11) is 0. The summed E-state index contributed by atoms with van der Waals surface area (Å²) in [5.74, 6) is -1.67. The van der Waals surface area contributed by atoms with Gasteiger partial charge in [0, 0.05) is 6.04 Å². The van der Waals surface area contributed by atoms with Crippen LogP contribution in [0.15, 0.2) is 40.9 Å². The van der Waals surface area contributed by atoms with Crippen LogP contribution in [0.2, 0.25) is 0 Å². The van der Waals surface area contributed by atoms with Crippen molar-refractivity contribution in [3.63, 3.8) is 0 Å². The maximum atomic E-state index is 13.7. The minimum absolute atomic E-state index is 0.0683. The third-order valence-electron chi connectivity index (χ3n) is 3.41. The molecule has 2 aromatic rings. The highest BCUT2D eigenvalue weighted by Crippen LogP contribution is 2.30. The summed E-state index contributed by atoms with van der Waals surface area (Å²) in [4.78, 5) is 0. The maximum Gasteiger partial charge on any atom is 0.173 e. The second-order valence-corrected chi connectivity index (χ2v) is 5.86. The lowest BCUT2D eigenvalue weighted by molar-refractivity contribution is 0.491. The molecule has 0 aromatic heterocycles. The van der Waals surface area contributed by atoms with E-state index >= 15 is 0 Å². The monoisotopic (exact) mass is 353 g/mol. The topological polar surface area (TPSA) is 12.0 Å². The zero-order valence-corrected chi connectivity index (χ0v) is 13.7. The third kappa shape index (κ3) is 3.89. The first kappa shape index (κ1) is 16.1. The third-order valence-corrected chi connectivity index (χ3v) is 4.22. The minimum atomic E-state index is -0.837. The van der Waals surface area contributed by atoms with Crippen molar-refractivity contribution in [3.05, 3.63) is 69.2 Å². The van der Waals surface area contributed by atoms with Crippen molar-refractivity contribution in [1.82, 2.24) is 5.32 Å². The number of nitrogens with one attached hydrogen (secondary N) is 1. The number of rotatable bonds is 5. The molecule has 0 aliphatic carbocycles. The molecule has 0 amide bonds. The number of aryl methyl sites for hydroxylation is 1. The van der Waals surface area contributed by atoms with Gasteiger partial charge in [-0.2, -0.15) is 0 Å². The average Bonchev–Trinajstić information content (AvgIpc) is 2.45. The van der Waals surface area contributed by atoms with Crippen LogP contribution in [-0.4, -0.2) is 6.54 Å². The molecule has 1 unspecified atom stereocenters. The molecule has 0 bridgehead atoms. The maximum absolute atomic E-state index is 13.7. The summed E-state index contributed by atoms with van der Waals surface area (Å²) >= 11 is 3.17. The van der Waals surface area contributed by atoms with E-state index in [0.29, 0.717) is 0 Å². The zero-order chi connectivity index (χ0) is 15.4. The van der Waals surface area contributed by atoms with Crippen molar-refractivity contribution < 1.29 is 8.78 Å². The second kappa shape index (κ2) is 7.14. The Balaban J connectivity index is 2.33. The van der Waals surface area contributed by atoms with Gasteiger partial charge in [0.25, 0.3) is 0 Å². The Labute approximate surface area is 132 Å². The Morgan fingerprint density at radius 1 is 1.19 bits per heavy atom. The largest absolute Gasteiger partial charge is 0.310 e. The molecule has 0 aliphatic heterocycles. The number of halogens is 3. The predicted molar refractivity (Wildman–Crippen MR) is 85.4 cm³/mol. The van der Waals surface area contributed by atoms with Crippen LogP contribution in [0.4, 0.5) is 8.78 Å². The quantitative estimate of drug-likeness (QED) is 0.751. The van der Waals surface area contributed by atoms with Gasteiger partial charge < -0.3 is 5.32 Å². The highest BCUT2D eigenvalue weighted by molar-refractivity contribution is 9.10. The van der Waals surface area contributed by atoms with Crippen molar-refractivity contribution in [3.8, 4) is 0 Å². The first-order valence-electron chi connectivity index (χ1n) is 6.95. The molecule has 2 aromatic carbocycles. The number of likely N-dealkylation sites (N-methyl/N-ethyl adjacent to an activating group) is 1. The van der Waals surface area contributed by atoms with Crippen LogP contribution >= 0.6 is 15.9 Å². The summed E-state index contributed by atoms with van der Waals surface area (Å²) < 4.78 is 27.2. The molecule has 0 heterocycles. The van der Waals surface area contributed by atoms with Crippen molar-refractivity contribution in [2.45, 2.75) is 26.3 Å². The molecule has 1 N–H and O–H groups in total. The fraction of sp³-hybridized carbons (Fsp3) is 0.294. The predicted octanol–water partition coefficient (Wildman–Crippen LogP) is 4.93. The number of benzene rings is 2. The van der Waals surface area contributed by atoms with E-state index in [0.717, 1.165) is 24.1 Å². The first-order chi connectivity index (χ1) is 10.0. The van der Waals surface area contributed by atoms with Gasteiger partial charge in [-0.3, -0.25) is 0 Å². The normalized spacial score (nSPS) is 12.4. The van der Waals surface area contributed by atoms with Crippen molar-refractivity contribution in [2.24, 2.45) is 0 Å². The Hall–Kier alpha value is -1.26. The van der Waals surface area contributed by atoms with Gasteiger partial charge in [-0.25, -0.2) is 8.78 Å². The molecule has 4 heteroatoms. The molecule has 1 nitrogen and oxygen atoms in total. The summed E-state index contributed by atoms with van der Waals surface area (Å²) in [6, 6.07) is 10.9. The number of hydrogen-bond donors (Lipinski definition) is 1. The zero-order valence-electron chi connectivity index (χ0n) is 12.1. The molecule has 0 aliphatic rings. The highest BCUT2D eigenvalue weighted by atomic mass is 79.9. The Bertz CT molecular complexity index is 628. The van der Waals surface area contributed by atoms with Gasteiger partial charge in [0.15, 0.2) is 11.6 Å². The molecular weight excluding hydrogens is 336 g/mol. The Kier molecular flexibility index (Phi) is 5.48. The van der Waals surface area contributed by atoms with E-state index in [4.69, 9.17) is 0 Å². The van der Waals surface area contributed by atoms with Crippen LogP contribution in [0, 0.1) is 18.6 Å². The Morgan fingerprint density at radius 3 is 2.62 bits per heavy atom. The first-order valence-corrected chi connectivity index (χ1v) is 7.74. The average molecular weight is 354 g/mol. The van der Waals surface area contributed by atoms with Gasteiger partial charge in [-0.05, 0) is 53.0 Å². The van der Waals surface area contributed by atoms with E-state index in [9.17, 15) is 8.78 Å². The van der Waals surface area contributed by atoms with Gasteiger partial charge in [-0.15, -0.1) is 0 Å². The minimum Gasteiger partial charge on any atom is -0.310 e. The lowest BCUT2D eigenvalue weighted by Crippen LogP contribution is -2.23. The molecule has 0 saturated heterocycles. The van der Waals surface area contributed by atoms with Gasteiger partial charge in [0.05, 0.1) is 4.47 Å². The smallest absolute Gasteiger partial charge is 0.173 e. The molecule has 21 heavy (non-hydrogen) atoms. The second-order valence-electron chi connectivity index (χ2n) is 5.07. The Morgan fingerprint density at radius 2 is 1.95 bits per heavy atom. The fourth-order valence-corrected chi connectivity index (χ4v) is 3.02. The van der Waals surface area contributed by atoms with Crippen LogP contribution in [-0.2, 0) is 6.42 Å². The lowest BCUT2D eigenvalue weighted by atomic mass is 9.97. The van der Waals surface area contributed by atoms with E-state index in [1.165, 1.54) is 11.6 Å². The molecule has 112 valence electrons. The van der Waals surface area contributed by atoms with Gasteiger partial charge >= 0.3 is 0 Å². The van der Waals surface area contributed by atoms with Gasteiger partial charge in [0.1, 0.15) is 0 Å².